The van der Waals surface area contributed by atoms with E-state index in [1.165, 1.54) is 6.26 Å². The van der Waals surface area contributed by atoms with Crippen LogP contribution in [0.15, 0.2) is 59.3 Å². The number of carbonyl (C=O) groups is 1. The molecule has 146 valence electrons. The summed E-state index contributed by atoms with van der Waals surface area (Å²) >= 11 is 0. The van der Waals surface area contributed by atoms with Gasteiger partial charge >= 0.3 is 6.18 Å². The molecule has 2 aromatic heterocycles. The molecule has 0 radical (unpaired) electrons. The average molecular weight is 390 g/mol. The van der Waals surface area contributed by atoms with Crippen LogP contribution in [0, 0.1) is 0 Å². The van der Waals surface area contributed by atoms with E-state index in [0.717, 1.165) is 16.4 Å². The topological polar surface area (TPSA) is 72.1 Å². The number of benzene rings is 1. The van der Waals surface area contributed by atoms with Crippen LogP contribution in [-0.2, 0) is 6.54 Å². The van der Waals surface area contributed by atoms with Gasteiger partial charge in [-0.05, 0) is 17.7 Å². The molecule has 0 saturated carbocycles. The van der Waals surface area contributed by atoms with Gasteiger partial charge in [-0.3, -0.25) is 4.79 Å². The summed E-state index contributed by atoms with van der Waals surface area (Å²) in [6.07, 6.45) is -2.23. The molecular formula is C19H17F3N4O2. The van der Waals surface area contributed by atoms with E-state index >= 15 is 0 Å². The van der Waals surface area contributed by atoms with Gasteiger partial charge in [0.25, 0.3) is 5.91 Å². The molecule has 1 aromatic carbocycles. The number of fused-ring (bicyclic) bond motifs is 1. The fourth-order valence-corrected chi connectivity index (χ4v) is 3.28. The lowest BCUT2D eigenvalue weighted by Gasteiger charge is -2.32. The second-order valence-electron chi connectivity index (χ2n) is 6.53. The molecule has 0 saturated heterocycles. The molecule has 1 aliphatic heterocycles. The predicted octanol–water partition coefficient (Wildman–Crippen LogP) is 4.07. The maximum atomic E-state index is 13.6. The quantitative estimate of drug-likeness (QED) is 0.705. The van der Waals surface area contributed by atoms with Crippen molar-refractivity contribution in [2.45, 2.75) is 31.2 Å². The number of aromatic nitrogens is 2. The smallest absolute Gasteiger partial charge is 0.410 e. The zero-order valence-electron chi connectivity index (χ0n) is 14.6. The lowest BCUT2D eigenvalue weighted by atomic mass is 10.0. The summed E-state index contributed by atoms with van der Waals surface area (Å²) < 4.78 is 46.9. The van der Waals surface area contributed by atoms with Crippen molar-refractivity contribution in [1.82, 2.24) is 15.1 Å². The van der Waals surface area contributed by atoms with Gasteiger partial charge in [0.1, 0.15) is 17.1 Å². The van der Waals surface area contributed by atoms with E-state index in [-0.39, 0.29) is 24.3 Å². The number of halogens is 3. The van der Waals surface area contributed by atoms with Crippen LogP contribution in [-0.4, -0.2) is 21.9 Å². The van der Waals surface area contributed by atoms with E-state index in [1.807, 2.05) is 30.3 Å². The van der Waals surface area contributed by atoms with Crippen LogP contribution in [0.25, 0.3) is 0 Å². The third-order valence-electron chi connectivity index (χ3n) is 4.67. The zero-order chi connectivity index (χ0) is 19.7. The van der Waals surface area contributed by atoms with Gasteiger partial charge in [-0.2, -0.15) is 18.3 Å². The lowest BCUT2D eigenvalue weighted by molar-refractivity contribution is -0.174. The van der Waals surface area contributed by atoms with Gasteiger partial charge in [0.2, 0.25) is 0 Å². The summed E-state index contributed by atoms with van der Waals surface area (Å²) in [7, 11) is 0. The number of hydrogen-bond donors (Lipinski definition) is 2. The third kappa shape index (κ3) is 3.47. The van der Waals surface area contributed by atoms with Crippen LogP contribution in [0.5, 0.6) is 0 Å². The van der Waals surface area contributed by atoms with Crippen LogP contribution in [0.2, 0.25) is 0 Å². The Hall–Kier alpha value is -3.23. The van der Waals surface area contributed by atoms with E-state index in [9.17, 15) is 18.0 Å². The molecule has 3 heterocycles. The minimum atomic E-state index is -4.51. The second-order valence-corrected chi connectivity index (χ2v) is 6.53. The number of nitrogens with zero attached hydrogens (tertiary/aromatic N) is 2. The van der Waals surface area contributed by atoms with Crippen LogP contribution in [0.3, 0.4) is 0 Å². The van der Waals surface area contributed by atoms with Crippen molar-refractivity contribution in [2.24, 2.45) is 0 Å². The van der Waals surface area contributed by atoms with Crippen molar-refractivity contribution < 1.29 is 22.4 Å². The number of rotatable bonds is 4. The Morgan fingerprint density at radius 2 is 2.04 bits per heavy atom. The number of hydrogen-bond acceptors (Lipinski definition) is 4. The minimum absolute atomic E-state index is 0.0283. The normalized spacial score (nSPS) is 19.0. The molecule has 1 amide bonds. The summed E-state index contributed by atoms with van der Waals surface area (Å²) in [5.74, 6) is -0.100. The molecule has 4 rings (SSSR count). The van der Waals surface area contributed by atoms with Gasteiger partial charge < -0.3 is 15.1 Å². The lowest BCUT2D eigenvalue weighted by Crippen LogP contribution is -2.36. The largest absolute Gasteiger partial charge is 0.467 e. The highest BCUT2D eigenvalue weighted by atomic mass is 19.4. The van der Waals surface area contributed by atoms with Crippen LogP contribution in [0.1, 0.15) is 40.2 Å². The van der Waals surface area contributed by atoms with Crippen LogP contribution >= 0.6 is 0 Å². The highest BCUT2D eigenvalue weighted by Crippen LogP contribution is 2.44. The molecule has 0 spiro atoms. The molecule has 1 aliphatic rings. The van der Waals surface area contributed by atoms with E-state index < -0.39 is 24.2 Å². The molecule has 0 fully saturated rings. The first-order valence-corrected chi connectivity index (χ1v) is 8.70. The fraction of sp³-hybridized carbons (Fsp3) is 0.263. The third-order valence-corrected chi connectivity index (χ3v) is 4.67. The molecule has 2 N–H and O–H groups in total. The molecule has 0 aliphatic carbocycles. The summed E-state index contributed by atoms with van der Waals surface area (Å²) in [6, 6.07) is 9.87. The zero-order valence-corrected chi connectivity index (χ0v) is 14.6. The van der Waals surface area contributed by atoms with E-state index in [2.05, 4.69) is 15.7 Å². The SMILES string of the molecule is O=C(NCc1ccccc1)c1cnn2c1N[C@H](c1ccco1)C[C@@H]2C(F)(F)F. The maximum Gasteiger partial charge on any atom is 0.410 e. The number of anilines is 1. The Bertz CT molecular complexity index is 951. The minimum Gasteiger partial charge on any atom is -0.467 e. The number of furan rings is 1. The summed E-state index contributed by atoms with van der Waals surface area (Å²) in [6.45, 7) is 0.259. The van der Waals surface area contributed by atoms with Gasteiger partial charge in [-0.1, -0.05) is 30.3 Å². The number of carbonyl (C=O) groups excluding carboxylic acids is 1. The Morgan fingerprint density at radius 3 is 2.71 bits per heavy atom. The molecule has 2 atom stereocenters. The summed E-state index contributed by atoms with van der Waals surface area (Å²) in [4.78, 5) is 12.6. The number of alkyl halides is 3. The van der Waals surface area contributed by atoms with E-state index in [4.69, 9.17) is 4.42 Å². The molecule has 3 aromatic rings. The Balaban J connectivity index is 1.61. The van der Waals surface area contributed by atoms with Crippen molar-refractivity contribution in [1.29, 1.82) is 0 Å². The standard InChI is InChI=1S/C19H17F3N4O2/c20-19(21,22)16-9-14(15-7-4-8-28-15)25-17-13(11-24-26(16)17)18(27)23-10-12-5-2-1-3-6-12/h1-8,11,14,16,25H,9-10H2,(H,23,27)/t14-,16+/m0/s1. The van der Waals surface area contributed by atoms with E-state index in [0.29, 0.717) is 5.76 Å². The van der Waals surface area contributed by atoms with Crippen molar-refractivity contribution in [3.8, 4) is 0 Å². The van der Waals surface area contributed by atoms with Gasteiger partial charge in [0.05, 0.1) is 18.5 Å². The molecule has 28 heavy (non-hydrogen) atoms. The van der Waals surface area contributed by atoms with Gasteiger partial charge in [0, 0.05) is 13.0 Å². The highest BCUT2D eigenvalue weighted by Gasteiger charge is 2.47. The van der Waals surface area contributed by atoms with Gasteiger partial charge in [-0.25, -0.2) is 4.68 Å². The Kier molecular flexibility index (Phi) is 4.58. The highest BCUT2D eigenvalue weighted by molar-refractivity contribution is 5.98. The Labute approximate surface area is 158 Å². The first-order valence-electron chi connectivity index (χ1n) is 8.70. The van der Waals surface area contributed by atoms with Crippen molar-refractivity contribution in [3.63, 3.8) is 0 Å². The molecular weight excluding hydrogens is 373 g/mol. The van der Waals surface area contributed by atoms with Crippen LogP contribution < -0.4 is 10.6 Å². The van der Waals surface area contributed by atoms with Gasteiger partial charge in [0.15, 0.2) is 6.04 Å². The van der Waals surface area contributed by atoms with Crippen LogP contribution in [0.4, 0.5) is 19.0 Å². The maximum absolute atomic E-state index is 13.6. The predicted molar refractivity (Wildman–Crippen MR) is 94.6 cm³/mol. The average Bonchev–Trinajstić information content (AvgIpc) is 3.35. The summed E-state index contributed by atoms with van der Waals surface area (Å²) in [5.41, 5.74) is 0.938. The molecule has 0 bridgehead atoms. The molecule has 6 nitrogen and oxygen atoms in total. The first-order chi connectivity index (χ1) is 13.4. The van der Waals surface area contributed by atoms with Crippen molar-refractivity contribution in [2.75, 3.05) is 5.32 Å². The van der Waals surface area contributed by atoms with E-state index in [1.54, 1.807) is 12.1 Å². The Morgan fingerprint density at radius 1 is 1.25 bits per heavy atom. The first kappa shape index (κ1) is 18.1. The van der Waals surface area contributed by atoms with Gasteiger partial charge in [-0.15, -0.1) is 0 Å². The second kappa shape index (κ2) is 7.06. The molecule has 9 heteroatoms. The monoisotopic (exact) mass is 390 g/mol. The number of amides is 1. The van der Waals surface area contributed by atoms with Crippen molar-refractivity contribution >= 4 is 11.7 Å². The molecule has 0 unspecified atom stereocenters. The summed E-state index contributed by atoms with van der Waals surface area (Å²) in [5, 5.41) is 9.53. The fourth-order valence-electron chi connectivity index (χ4n) is 3.28. The van der Waals surface area contributed by atoms with Crippen molar-refractivity contribution in [3.05, 3.63) is 71.8 Å². The number of nitrogens with one attached hydrogen (secondary N) is 2.